The Morgan fingerprint density at radius 3 is 2.64 bits per heavy atom. The van der Waals surface area contributed by atoms with Crippen LogP contribution in [0.5, 0.6) is 0 Å². The van der Waals surface area contributed by atoms with Gasteiger partial charge in [-0.3, -0.25) is 4.90 Å². The summed E-state index contributed by atoms with van der Waals surface area (Å²) in [5.41, 5.74) is 1.28. The van der Waals surface area contributed by atoms with Gasteiger partial charge in [-0.15, -0.1) is 0 Å². The Bertz CT molecular complexity index is 266. The van der Waals surface area contributed by atoms with Crippen LogP contribution >= 0.6 is 0 Å². The zero-order chi connectivity index (χ0) is 10.6. The van der Waals surface area contributed by atoms with Gasteiger partial charge in [-0.1, -0.05) is 32.9 Å². The summed E-state index contributed by atoms with van der Waals surface area (Å²) >= 11 is 0. The largest absolute Gasteiger partial charge is 0.290 e. The lowest BCUT2D eigenvalue weighted by atomic mass is 9.69. The predicted octanol–water partition coefficient (Wildman–Crippen LogP) is 2.78. The zero-order valence-corrected chi connectivity index (χ0v) is 9.44. The maximum absolute atomic E-state index is 13.5. The number of alkyl halides is 1. The van der Waals surface area contributed by atoms with Crippen molar-refractivity contribution in [3.05, 3.63) is 12.2 Å². The molecule has 2 atom stereocenters. The van der Waals surface area contributed by atoms with Crippen LogP contribution in [0.4, 0.5) is 4.39 Å². The molecular formula is C12H20FN. The van der Waals surface area contributed by atoms with E-state index in [4.69, 9.17) is 0 Å². The fourth-order valence-corrected chi connectivity index (χ4v) is 3.35. The highest BCUT2D eigenvalue weighted by Crippen LogP contribution is 2.52. The lowest BCUT2D eigenvalue weighted by Gasteiger charge is -2.44. The normalized spacial score (nSPS) is 39.1. The molecule has 80 valence electrons. The Hall–Kier alpha value is -0.370. The van der Waals surface area contributed by atoms with Crippen molar-refractivity contribution in [2.75, 3.05) is 13.1 Å². The first kappa shape index (κ1) is 10.2. The minimum Gasteiger partial charge on any atom is -0.290 e. The lowest BCUT2D eigenvalue weighted by molar-refractivity contribution is 0.0928. The summed E-state index contributed by atoms with van der Waals surface area (Å²) in [6.45, 7) is 12.4. The van der Waals surface area contributed by atoms with Crippen molar-refractivity contribution in [3.8, 4) is 0 Å². The van der Waals surface area contributed by atoms with E-state index in [-0.39, 0.29) is 11.0 Å². The number of hydrogen-bond acceptors (Lipinski definition) is 1. The molecule has 1 nitrogen and oxygen atoms in total. The second-order valence-electron chi connectivity index (χ2n) is 5.71. The number of fused-ring (bicyclic) bond motifs is 1. The van der Waals surface area contributed by atoms with E-state index >= 15 is 0 Å². The van der Waals surface area contributed by atoms with Crippen LogP contribution in [0.15, 0.2) is 12.2 Å². The third-order valence-electron chi connectivity index (χ3n) is 3.98. The van der Waals surface area contributed by atoms with Crippen LogP contribution in [0, 0.1) is 5.41 Å². The SMILES string of the molecule is C=C1CCN2C[C@@H](F)CC12C(C)(C)C. The number of halogens is 1. The van der Waals surface area contributed by atoms with Crippen LogP contribution in [-0.2, 0) is 0 Å². The second-order valence-corrected chi connectivity index (χ2v) is 5.71. The van der Waals surface area contributed by atoms with Gasteiger partial charge in [-0.05, 0) is 11.8 Å². The van der Waals surface area contributed by atoms with Crippen LogP contribution in [0.3, 0.4) is 0 Å². The summed E-state index contributed by atoms with van der Waals surface area (Å²) in [5.74, 6) is 0. The number of nitrogens with zero attached hydrogens (tertiary/aromatic N) is 1. The predicted molar refractivity (Wildman–Crippen MR) is 57.0 cm³/mol. The molecule has 0 amide bonds. The van der Waals surface area contributed by atoms with E-state index in [0.717, 1.165) is 13.0 Å². The van der Waals surface area contributed by atoms with Crippen LogP contribution in [0.2, 0.25) is 0 Å². The lowest BCUT2D eigenvalue weighted by Crippen LogP contribution is -2.50. The van der Waals surface area contributed by atoms with E-state index < -0.39 is 6.17 Å². The van der Waals surface area contributed by atoms with E-state index in [9.17, 15) is 4.39 Å². The average Bonchev–Trinajstić information content (AvgIpc) is 2.49. The number of rotatable bonds is 0. The van der Waals surface area contributed by atoms with Gasteiger partial charge in [0.25, 0.3) is 0 Å². The summed E-state index contributed by atoms with van der Waals surface area (Å²) in [6, 6.07) is 0. The fourth-order valence-electron chi connectivity index (χ4n) is 3.35. The van der Waals surface area contributed by atoms with Crippen molar-refractivity contribution in [3.63, 3.8) is 0 Å². The van der Waals surface area contributed by atoms with Gasteiger partial charge in [0.15, 0.2) is 0 Å². The van der Waals surface area contributed by atoms with Gasteiger partial charge in [-0.25, -0.2) is 4.39 Å². The molecule has 0 radical (unpaired) electrons. The molecule has 2 heteroatoms. The second kappa shape index (κ2) is 2.82. The van der Waals surface area contributed by atoms with Crippen LogP contribution in [-0.4, -0.2) is 29.7 Å². The standard InChI is InChI=1S/C12H20FN/c1-9-5-6-14-8-10(13)7-12(9,14)11(2,3)4/h10H,1,5-8H2,2-4H3/t10-,12?/m0/s1. The molecule has 14 heavy (non-hydrogen) atoms. The number of hydrogen-bond donors (Lipinski definition) is 0. The van der Waals surface area contributed by atoms with Gasteiger partial charge in [0.2, 0.25) is 0 Å². The Labute approximate surface area is 86.0 Å². The Balaban J connectivity index is 2.41. The maximum atomic E-state index is 13.5. The summed E-state index contributed by atoms with van der Waals surface area (Å²) in [7, 11) is 0. The molecular weight excluding hydrogens is 177 g/mol. The maximum Gasteiger partial charge on any atom is 0.115 e. The van der Waals surface area contributed by atoms with E-state index in [0.29, 0.717) is 13.0 Å². The summed E-state index contributed by atoms with van der Waals surface area (Å²) in [6.07, 6.45) is 1.03. The average molecular weight is 197 g/mol. The molecule has 0 N–H and O–H groups in total. The third-order valence-corrected chi connectivity index (χ3v) is 3.98. The van der Waals surface area contributed by atoms with Crippen molar-refractivity contribution in [1.82, 2.24) is 4.90 Å². The molecule has 2 heterocycles. The van der Waals surface area contributed by atoms with Crippen LogP contribution < -0.4 is 0 Å². The molecule has 1 unspecified atom stereocenters. The van der Waals surface area contributed by atoms with E-state index in [1.165, 1.54) is 5.57 Å². The first-order valence-corrected chi connectivity index (χ1v) is 5.45. The highest BCUT2D eigenvalue weighted by molar-refractivity contribution is 5.30. The topological polar surface area (TPSA) is 3.24 Å². The summed E-state index contributed by atoms with van der Waals surface area (Å²) < 4.78 is 13.5. The highest BCUT2D eigenvalue weighted by Gasteiger charge is 2.57. The van der Waals surface area contributed by atoms with Crippen molar-refractivity contribution in [2.45, 2.75) is 45.3 Å². The quantitative estimate of drug-likeness (QED) is 0.540. The molecule has 0 aromatic rings. The molecule has 2 fully saturated rings. The van der Waals surface area contributed by atoms with E-state index in [1.54, 1.807) is 0 Å². The molecule has 0 aliphatic carbocycles. The van der Waals surface area contributed by atoms with E-state index in [2.05, 4.69) is 32.3 Å². The van der Waals surface area contributed by atoms with Crippen molar-refractivity contribution < 1.29 is 4.39 Å². The monoisotopic (exact) mass is 197 g/mol. The Morgan fingerprint density at radius 2 is 2.14 bits per heavy atom. The van der Waals surface area contributed by atoms with Gasteiger partial charge in [0.1, 0.15) is 6.17 Å². The molecule has 2 aliphatic rings. The van der Waals surface area contributed by atoms with Gasteiger partial charge < -0.3 is 0 Å². The minimum atomic E-state index is -0.661. The molecule has 2 saturated heterocycles. The van der Waals surface area contributed by atoms with Crippen molar-refractivity contribution in [1.29, 1.82) is 0 Å². The van der Waals surface area contributed by atoms with Gasteiger partial charge in [0, 0.05) is 25.0 Å². The third kappa shape index (κ3) is 1.10. The van der Waals surface area contributed by atoms with Gasteiger partial charge >= 0.3 is 0 Å². The van der Waals surface area contributed by atoms with Crippen molar-refractivity contribution in [2.24, 2.45) is 5.41 Å². The van der Waals surface area contributed by atoms with Crippen LogP contribution in [0.25, 0.3) is 0 Å². The molecule has 0 aromatic heterocycles. The fraction of sp³-hybridized carbons (Fsp3) is 0.833. The minimum absolute atomic E-state index is 0.0631. The molecule has 0 spiro atoms. The molecule has 2 rings (SSSR count). The molecule has 0 bridgehead atoms. The van der Waals surface area contributed by atoms with Gasteiger partial charge in [-0.2, -0.15) is 0 Å². The molecule has 2 aliphatic heterocycles. The highest BCUT2D eigenvalue weighted by atomic mass is 19.1. The van der Waals surface area contributed by atoms with Crippen molar-refractivity contribution >= 4 is 0 Å². The van der Waals surface area contributed by atoms with E-state index in [1.807, 2.05) is 0 Å². The Kier molecular flexibility index (Phi) is 2.04. The Morgan fingerprint density at radius 1 is 1.50 bits per heavy atom. The first-order valence-electron chi connectivity index (χ1n) is 5.45. The van der Waals surface area contributed by atoms with Crippen LogP contribution in [0.1, 0.15) is 33.6 Å². The zero-order valence-electron chi connectivity index (χ0n) is 9.44. The summed E-state index contributed by atoms with van der Waals surface area (Å²) in [5, 5.41) is 0. The first-order chi connectivity index (χ1) is 6.38. The smallest absolute Gasteiger partial charge is 0.115 e. The molecule has 0 aromatic carbocycles. The van der Waals surface area contributed by atoms with Gasteiger partial charge in [0.05, 0.1) is 0 Å². The molecule has 0 saturated carbocycles. The summed E-state index contributed by atoms with van der Waals surface area (Å²) in [4.78, 5) is 2.31.